The molecule has 4 rings (SSSR count). The molecule has 1 heterocycles. The van der Waals surface area contributed by atoms with E-state index in [1.807, 2.05) is 66.7 Å². The fourth-order valence-electron chi connectivity index (χ4n) is 4.02. The third kappa shape index (κ3) is 4.93. The summed E-state index contributed by atoms with van der Waals surface area (Å²) >= 11 is 0. The van der Waals surface area contributed by atoms with E-state index >= 15 is 0 Å². The zero-order valence-electron chi connectivity index (χ0n) is 18.7. The second-order valence-corrected chi connectivity index (χ2v) is 10.5. The molecule has 0 aromatic heterocycles. The van der Waals surface area contributed by atoms with Crippen LogP contribution in [-0.4, -0.2) is 27.3 Å². The quantitative estimate of drug-likeness (QED) is 0.472. The lowest BCUT2D eigenvalue weighted by molar-refractivity contribution is 0.480. The van der Waals surface area contributed by atoms with Crippen LogP contribution in [0.3, 0.4) is 0 Å². The van der Waals surface area contributed by atoms with E-state index in [0.717, 1.165) is 17.7 Å². The summed E-state index contributed by atoms with van der Waals surface area (Å²) in [6, 6.07) is 25.6. The van der Waals surface area contributed by atoms with Gasteiger partial charge in [0.25, 0.3) is 0 Å². The topological polar surface area (TPSA) is 69.4 Å². The van der Waals surface area contributed by atoms with Crippen molar-refractivity contribution in [3.63, 3.8) is 0 Å². The Kier molecular flexibility index (Phi) is 6.79. The number of hydrogen-bond acceptors (Lipinski definition) is 4. The van der Waals surface area contributed by atoms with Crippen LogP contribution in [0, 0.1) is 0 Å². The summed E-state index contributed by atoms with van der Waals surface area (Å²) in [4.78, 5) is 0. The number of benzene rings is 3. The molecule has 1 atom stereocenters. The third-order valence-corrected chi connectivity index (χ3v) is 8.05. The van der Waals surface area contributed by atoms with Gasteiger partial charge in [-0.1, -0.05) is 48.5 Å². The minimum atomic E-state index is -3.47. The molecule has 0 radical (unpaired) electrons. The first-order valence-corrected chi connectivity index (χ1v) is 12.7. The van der Waals surface area contributed by atoms with E-state index in [2.05, 4.69) is 24.3 Å². The zero-order valence-corrected chi connectivity index (χ0v) is 19.5. The van der Waals surface area contributed by atoms with Crippen LogP contribution in [0.4, 0.5) is 5.69 Å². The van der Waals surface area contributed by atoms with Gasteiger partial charge >= 0.3 is 10.0 Å². The van der Waals surface area contributed by atoms with Crippen molar-refractivity contribution >= 4 is 15.7 Å². The van der Waals surface area contributed by atoms with Gasteiger partial charge < -0.3 is 10.5 Å². The lowest BCUT2D eigenvalue weighted by Crippen LogP contribution is -2.51. The van der Waals surface area contributed by atoms with E-state index in [1.165, 1.54) is 11.1 Å². The van der Waals surface area contributed by atoms with Gasteiger partial charge in [-0.15, -0.1) is 0 Å². The molecule has 0 saturated heterocycles. The summed E-state index contributed by atoms with van der Waals surface area (Å²) in [7, 11) is -3.47. The molecule has 6 heteroatoms. The van der Waals surface area contributed by atoms with Gasteiger partial charge in [0.05, 0.1) is 5.75 Å². The van der Waals surface area contributed by atoms with Gasteiger partial charge in [-0.3, -0.25) is 0 Å². The molecule has 3 aromatic rings. The summed E-state index contributed by atoms with van der Waals surface area (Å²) < 4.78 is 31.9. The summed E-state index contributed by atoms with van der Waals surface area (Å²) in [6.07, 6.45) is 6.38. The second-order valence-electron chi connectivity index (χ2n) is 8.06. The summed E-state index contributed by atoms with van der Waals surface area (Å²) in [6.45, 7) is 2.29. The SMILES string of the molecule is CCS(=O)(=O)[N+]1(c2ccc(Oc3ccc(Cc4ccccc4)cc3)cc2)C=C(CN)C=CC1. The van der Waals surface area contributed by atoms with E-state index in [-0.39, 0.29) is 16.2 Å². The monoisotopic (exact) mass is 461 g/mol. The lowest BCUT2D eigenvalue weighted by Gasteiger charge is -2.34. The fourth-order valence-corrected chi connectivity index (χ4v) is 5.53. The standard InChI is InChI=1S/C27H29N2O3S/c1-2-33(30,31)29(18-6-9-24(20-28)21-29)25-12-16-27(17-13-25)32-26-14-10-23(11-15-26)19-22-7-4-3-5-8-22/h3-17,21H,2,18-20,28H2,1H3/q+1. The number of rotatable bonds is 8. The van der Waals surface area contributed by atoms with Gasteiger partial charge in [0.15, 0.2) is 5.69 Å². The molecule has 0 aliphatic carbocycles. The highest BCUT2D eigenvalue weighted by molar-refractivity contribution is 7.91. The molecular formula is C27H29N2O3S+. The first-order valence-electron chi connectivity index (χ1n) is 11.1. The van der Waals surface area contributed by atoms with Crippen molar-refractivity contribution in [1.82, 2.24) is 3.89 Å². The Bertz CT molecular complexity index is 1250. The number of nitrogens with two attached hydrogens (primary N) is 1. The Hall–Kier alpha value is -3.19. The van der Waals surface area contributed by atoms with Gasteiger partial charge in [-0.25, -0.2) is 0 Å². The summed E-state index contributed by atoms with van der Waals surface area (Å²) in [5, 5.41) is 0. The molecule has 0 amide bonds. The molecule has 1 unspecified atom stereocenters. The normalized spacial score (nSPS) is 18.1. The first kappa shape index (κ1) is 23.0. The Balaban J connectivity index is 1.53. The minimum absolute atomic E-state index is 0.0305. The highest BCUT2D eigenvalue weighted by atomic mass is 32.2. The third-order valence-electron chi connectivity index (χ3n) is 5.86. The number of hydrogen-bond donors (Lipinski definition) is 1. The Morgan fingerprint density at radius 1 is 0.879 bits per heavy atom. The van der Waals surface area contributed by atoms with Crippen molar-refractivity contribution in [2.45, 2.75) is 13.3 Å². The molecule has 1 aliphatic heterocycles. The first-order chi connectivity index (χ1) is 16.0. The van der Waals surface area contributed by atoms with Crippen molar-refractivity contribution in [3.05, 3.63) is 114 Å². The van der Waals surface area contributed by atoms with Crippen LogP contribution in [-0.2, 0) is 16.4 Å². The minimum Gasteiger partial charge on any atom is -0.457 e. The maximum Gasteiger partial charge on any atom is 0.306 e. The van der Waals surface area contributed by atoms with Crippen LogP contribution in [0.25, 0.3) is 0 Å². The van der Waals surface area contributed by atoms with E-state index < -0.39 is 10.0 Å². The predicted octanol–water partition coefficient (Wildman–Crippen LogP) is 5.14. The lowest BCUT2D eigenvalue weighted by atomic mass is 10.1. The average Bonchev–Trinajstić information content (AvgIpc) is 2.86. The van der Waals surface area contributed by atoms with Gasteiger partial charge in [0.1, 0.15) is 24.2 Å². The average molecular weight is 462 g/mol. The van der Waals surface area contributed by atoms with Crippen LogP contribution in [0.5, 0.6) is 11.5 Å². The van der Waals surface area contributed by atoms with E-state index in [0.29, 0.717) is 18.0 Å². The Labute approximate surface area is 196 Å². The molecule has 0 fully saturated rings. The molecule has 1 aliphatic rings. The van der Waals surface area contributed by atoms with Crippen molar-refractivity contribution in [2.75, 3.05) is 18.8 Å². The van der Waals surface area contributed by atoms with Crippen molar-refractivity contribution in [2.24, 2.45) is 5.73 Å². The van der Waals surface area contributed by atoms with Crippen molar-refractivity contribution in [3.8, 4) is 11.5 Å². The largest absolute Gasteiger partial charge is 0.457 e. The second kappa shape index (κ2) is 9.75. The Morgan fingerprint density at radius 2 is 1.48 bits per heavy atom. The predicted molar refractivity (Wildman–Crippen MR) is 135 cm³/mol. The van der Waals surface area contributed by atoms with Gasteiger partial charge in [0.2, 0.25) is 0 Å². The molecule has 0 bridgehead atoms. The maximum absolute atomic E-state index is 13.1. The van der Waals surface area contributed by atoms with Crippen LogP contribution < -0.4 is 14.4 Å². The highest BCUT2D eigenvalue weighted by Crippen LogP contribution is 2.34. The number of ether oxygens (including phenoxy) is 1. The highest BCUT2D eigenvalue weighted by Gasteiger charge is 2.42. The summed E-state index contributed by atoms with van der Waals surface area (Å²) in [5.74, 6) is 1.41. The van der Waals surface area contributed by atoms with E-state index in [4.69, 9.17) is 10.5 Å². The smallest absolute Gasteiger partial charge is 0.306 e. The molecule has 0 saturated carbocycles. The van der Waals surface area contributed by atoms with Crippen LogP contribution in [0.1, 0.15) is 18.1 Å². The molecule has 2 N–H and O–H groups in total. The van der Waals surface area contributed by atoms with Crippen molar-refractivity contribution in [1.29, 1.82) is 0 Å². The molecule has 5 nitrogen and oxygen atoms in total. The molecule has 33 heavy (non-hydrogen) atoms. The summed E-state index contributed by atoms with van der Waals surface area (Å²) in [5.41, 5.74) is 9.74. The fraction of sp³-hybridized carbons (Fsp3) is 0.185. The van der Waals surface area contributed by atoms with Crippen molar-refractivity contribution < 1.29 is 13.2 Å². The zero-order chi connectivity index (χ0) is 23.3. The van der Waals surface area contributed by atoms with Gasteiger partial charge in [0, 0.05) is 24.3 Å². The van der Waals surface area contributed by atoms with Gasteiger partial charge in [-0.05, 0) is 54.8 Å². The van der Waals surface area contributed by atoms with Gasteiger partial charge in [-0.2, -0.15) is 12.3 Å². The van der Waals surface area contributed by atoms with Crippen LogP contribution >= 0.6 is 0 Å². The molecule has 3 aromatic carbocycles. The number of quaternary nitrogens is 1. The van der Waals surface area contributed by atoms with E-state index in [9.17, 15) is 8.42 Å². The maximum atomic E-state index is 13.1. The van der Waals surface area contributed by atoms with Crippen LogP contribution in [0.15, 0.2) is 103 Å². The van der Waals surface area contributed by atoms with E-state index in [1.54, 1.807) is 13.1 Å². The molecular weight excluding hydrogens is 432 g/mol. The molecule has 0 spiro atoms. The number of nitrogens with zero attached hydrogens (tertiary/aromatic N) is 1. The molecule has 170 valence electrons. The Morgan fingerprint density at radius 3 is 2.09 bits per heavy atom. The number of sulfonamides is 1. The van der Waals surface area contributed by atoms with Crippen LogP contribution in [0.2, 0.25) is 0 Å².